The van der Waals surface area contributed by atoms with Crippen LogP contribution in [0.25, 0.3) is 11.3 Å². The minimum atomic E-state index is -0.829. The molecule has 0 spiro atoms. The van der Waals surface area contributed by atoms with Crippen molar-refractivity contribution in [1.29, 1.82) is 0 Å². The summed E-state index contributed by atoms with van der Waals surface area (Å²) in [7, 11) is 0. The highest BCUT2D eigenvalue weighted by Gasteiger charge is 2.13. The lowest BCUT2D eigenvalue weighted by Gasteiger charge is -2.02. The Morgan fingerprint density at radius 1 is 1.33 bits per heavy atom. The van der Waals surface area contributed by atoms with Gasteiger partial charge in [-0.05, 0) is 36.5 Å². The van der Waals surface area contributed by atoms with Gasteiger partial charge in [0.1, 0.15) is 5.01 Å². The van der Waals surface area contributed by atoms with E-state index in [0.29, 0.717) is 5.01 Å². The smallest absolute Gasteiger partial charge is 0.310 e. The van der Waals surface area contributed by atoms with Gasteiger partial charge in [-0.2, -0.15) is 0 Å². The van der Waals surface area contributed by atoms with Crippen LogP contribution in [0, 0.1) is 0 Å². The van der Waals surface area contributed by atoms with Crippen LogP contribution in [-0.4, -0.2) is 16.1 Å². The van der Waals surface area contributed by atoms with Gasteiger partial charge < -0.3 is 5.11 Å². The Hall–Kier alpha value is -1.68. The van der Waals surface area contributed by atoms with Crippen molar-refractivity contribution in [2.24, 2.45) is 0 Å². The number of aliphatic carboxylic acids is 1. The highest BCUT2D eigenvalue weighted by Crippen LogP contribution is 2.28. The Morgan fingerprint density at radius 2 is 2.17 bits per heavy atom. The molecule has 0 aliphatic heterocycles. The van der Waals surface area contributed by atoms with Crippen molar-refractivity contribution in [2.75, 3.05) is 0 Å². The third-order valence-corrected chi connectivity index (χ3v) is 4.10. The maximum atomic E-state index is 10.6. The van der Waals surface area contributed by atoms with Crippen LogP contribution in [-0.2, 0) is 24.1 Å². The van der Waals surface area contributed by atoms with E-state index in [0.717, 1.165) is 17.7 Å². The largest absolute Gasteiger partial charge is 0.481 e. The van der Waals surface area contributed by atoms with Gasteiger partial charge in [0.05, 0.1) is 12.1 Å². The van der Waals surface area contributed by atoms with E-state index in [9.17, 15) is 4.79 Å². The predicted molar refractivity (Wildman–Crippen MR) is 70.9 cm³/mol. The zero-order valence-corrected chi connectivity index (χ0v) is 10.7. The first-order valence-electron chi connectivity index (χ1n) is 6.01. The minimum Gasteiger partial charge on any atom is -0.481 e. The first-order chi connectivity index (χ1) is 8.72. The summed E-state index contributed by atoms with van der Waals surface area (Å²) in [6, 6.07) is 6.46. The molecule has 0 bridgehead atoms. The molecule has 92 valence electrons. The summed E-state index contributed by atoms with van der Waals surface area (Å²) in [5.41, 5.74) is 4.86. The fraction of sp³-hybridized carbons (Fsp3) is 0.286. The number of hydrogen-bond donors (Lipinski definition) is 1. The summed E-state index contributed by atoms with van der Waals surface area (Å²) in [5.74, 6) is -0.829. The number of carboxylic acids is 1. The number of thiazole rings is 1. The average Bonchev–Trinajstić information content (AvgIpc) is 2.95. The fourth-order valence-corrected chi connectivity index (χ4v) is 3.18. The zero-order valence-electron chi connectivity index (χ0n) is 9.85. The molecule has 1 aliphatic rings. The van der Waals surface area contributed by atoms with Crippen LogP contribution in [0.1, 0.15) is 22.6 Å². The Labute approximate surface area is 109 Å². The van der Waals surface area contributed by atoms with Crippen molar-refractivity contribution >= 4 is 17.3 Å². The fourth-order valence-electron chi connectivity index (χ4n) is 2.39. The molecule has 1 aromatic heterocycles. The highest BCUT2D eigenvalue weighted by molar-refractivity contribution is 7.10. The van der Waals surface area contributed by atoms with Crippen LogP contribution in [0.15, 0.2) is 23.6 Å². The molecule has 3 nitrogen and oxygen atoms in total. The number of fused-ring (bicyclic) bond motifs is 1. The van der Waals surface area contributed by atoms with Crippen molar-refractivity contribution in [2.45, 2.75) is 25.7 Å². The second-order valence-electron chi connectivity index (χ2n) is 4.53. The standard InChI is InChI=1S/C14H13NO2S/c16-14(17)7-13-15-12(8-18-13)11-5-4-9-2-1-3-10(9)6-11/h4-6,8H,1-3,7H2,(H,16,17). The number of nitrogens with zero attached hydrogens (tertiary/aromatic N) is 1. The maximum Gasteiger partial charge on any atom is 0.310 e. The summed E-state index contributed by atoms with van der Waals surface area (Å²) < 4.78 is 0. The SMILES string of the molecule is O=C(O)Cc1nc(-c2ccc3c(c2)CCC3)cs1. The van der Waals surface area contributed by atoms with E-state index < -0.39 is 5.97 Å². The van der Waals surface area contributed by atoms with E-state index in [4.69, 9.17) is 5.11 Å². The van der Waals surface area contributed by atoms with Gasteiger partial charge in [-0.25, -0.2) is 4.98 Å². The molecule has 0 saturated carbocycles. The summed E-state index contributed by atoms with van der Waals surface area (Å²) in [5, 5.41) is 11.3. The third-order valence-electron chi connectivity index (χ3n) is 3.25. The lowest BCUT2D eigenvalue weighted by molar-refractivity contribution is -0.136. The molecule has 1 aromatic carbocycles. The maximum absolute atomic E-state index is 10.6. The lowest BCUT2D eigenvalue weighted by Crippen LogP contribution is -1.99. The van der Waals surface area contributed by atoms with Crippen LogP contribution >= 0.6 is 11.3 Å². The Kier molecular flexibility index (Phi) is 2.88. The molecule has 1 heterocycles. The van der Waals surface area contributed by atoms with E-state index in [-0.39, 0.29) is 6.42 Å². The number of carbonyl (C=O) groups is 1. The van der Waals surface area contributed by atoms with Gasteiger partial charge in [-0.3, -0.25) is 4.79 Å². The van der Waals surface area contributed by atoms with E-state index >= 15 is 0 Å². The first-order valence-corrected chi connectivity index (χ1v) is 6.89. The summed E-state index contributed by atoms with van der Waals surface area (Å²) in [4.78, 5) is 15.0. The van der Waals surface area contributed by atoms with Crippen LogP contribution in [0.2, 0.25) is 0 Å². The number of hydrogen-bond acceptors (Lipinski definition) is 3. The van der Waals surface area contributed by atoms with Gasteiger partial charge >= 0.3 is 5.97 Å². The Balaban J connectivity index is 1.90. The van der Waals surface area contributed by atoms with Gasteiger partial charge in [0.15, 0.2) is 0 Å². The molecule has 18 heavy (non-hydrogen) atoms. The molecular formula is C14H13NO2S. The van der Waals surface area contributed by atoms with Crippen LogP contribution in [0.5, 0.6) is 0 Å². The van der Waals surface area contributed by atoms with Crippen molar-refractivity contribution in [3.05, 3.63) is 39.7 Å². The molecule has 0 fully saturated rings. The molecule has 4 heteroatoms. The van der Waals surface area contributed by atoms with E-state index in [2.05, 4.69) is 23.2 Å². The summed E-state index contributed by atoms with van der Waals surface area (Å²) in [6.45, 7) is 0. The normalized spacial score (nSPS) is 13.6. The average molecular weight is 259 g/mol. The number of aromatic nitrogens is 1. The van der Waals surface area contributed by atoms with Gasteiger partial charge in [0.2, 0.25) is 0 Å². The quantitative estimate of drug-likeness (QED) is 0.922. The molecule has 3 rings (SSSR count). The second-order valence-corrected chi connectivity index (χ2v) is 5.48. The van der Waals surface area contributed by atoms with Crippen LogP contribution in [0.3, 0.4) is 0 Å². The molecular weight excluding hydrogens is 246 g/mol. The number of rotatable bonds is 3. The van der Waals surface area contributed by atoms with Crippen molar-refractivity contribution < 1.29 is 9.90 Å². The number of aryl methyl sites for hydroxylation is 2. The van der Waals surface area contributed by atoms with E-state index in [1.807, 2.05) is 5.38 Å². The zero-order chi connectivity index (χ0) is 12.5. The molecule has 2 aromatic rings. The molecule has 1 aliphatic carbocycles. The van der Waals surface area contributed by atoms with Crippen molar-refractivity contribution in [3.63, 3.8) is 0 Å². The summed E-state index contributed by atoms with van der Waals surface area (Å²) in [6.07, 6.45) is 3.57. The Morgan fingerprint density at radius 3 is 3.00 bits per heavy atom. The molecule has 1 N–H and O–H groups in total. The van der Waals surface area contributed by atoms with Crippen LogP contribution in [0.4, 0.5) is 0 Å². The topological polar surface area (TPSA) is 50.2 Å². The minimum absolute atomic E-state index is 0.00953. The molecule has 0 amide bonds. The Bertz CT molecular complexity index is 604. The molecule has 0 radical (unpaired) electrons. The third kappa shape index (κ3) is 2.16. The van der Waals surface area contributed by atoms with Gasteiger partial charge in [-0.15, -0.1) is 11.3 Å². The molecule has 0 saturated heterocycles. The van der Waals surface area contributed by atoms with E-state index in [1.165, 1.54) is 35.3 Å². The monoisotopic (exact) mass is 259 g/mol. The van der Waals surface area contributed by atoms with Gasteiger partial charge in [0, 0.05) is 10.9 Å². The first kappa shape index (κ1) is 11.4. The second kappa shape index (κ2) is 4.53. The van der Waals surface area contributed by atoms with Crippen molar-refractivity contribution in [3.8, 4) is 11.3 Å². The number of carboxylic acid groups (broad SMARTS) is 1. The lowest BCUT2D eigenvalue weighted by atomic mass is 10.1. The summed E-state index contributed by atoms with van der Waals surface area (Å²) >= 11 is 1.41. The van der Waals surface area contributed by atoms with Crippen molar-refractivity contribution in [1.82, 2.24) is 4.98 Å². The van der Waals surface area contributed by atoms with Gasteiger partial charge in [0.25, 0.3) is 0 Å². The molecule has 0 unspecified atom stereocenters. The highest BCUT2D eigenvalue weighted by atomic mass is 32.1. The predicted octanol–water partition coefficient (Wildman–Crippen LogP) is 2.93. The van der Waals surface area contributed by atoms with Gasteiger partial charge in [-0.1, -0.05) is 12.1 Å². The molecule has 0 atom stereocenters. The van der Waals surface area contributed by atoms with Crippen LogP contribution < -0.4 is 0 Å². The number of benzene rings is 1. The van der Waals surface area contributed by atoms with E-state index in [1.54, 1.807) is 0 Å².